The summed E-state index contributed by atoms with van der Waals surface area (Å²) in [4.78, 5) is 4.16. The Morgan fingerprint density at radius 2 is 1.90 bits per heavy atom. The molecule has 0 spiro atoms. The highest BCUT2D eigenvalue weighted by atomic mass is 19.1. The molecule has 1 heterocycles. The van der Waals surface area contributed by atoms with Crippen molar-refractivity contribution in [1.82, 2.24) is 9.55 Å². The fourth-order valence-corrected chi connectivity index (χ4v) is 2.36. The van der Waals surface area contributed by atoms with Crippen molar-refractivity contribution in [3.8, 4) is 5.69 Å². The van der Waals surface area contributed by atoms with E-state index in [1.807, 2.05) is 13.8 Å². The summed E-state index contributed by atoms with van der Waals surface area (Å²) in [6.07, 6.45) is 5.93. The maximum absolute atomic E-state index is 14.3. The number of imidazole rings is 1. The first-order valence-corrected chi connectivity index (χ1v) is 7.32. The molecule has 0 aliphatic carbocycles. The second-order valence-corrected chi connectivity index (χ2v) is 5.24. The molecule has 2 N–H and O–H groups in total. The van der Waals surface area contributed by atoms with Gasteiger partial charge in [0, 0.05) is 24.9 Å². The number of aromatic nitrogens is 2. The van der Waals surface area contributed by atoms with Crippen LogP contribution in [-0.4, -0.2) is 15.6 Å². The number of halogens is 2. The Morgan fingerprint density at radius 1 is 1.24 bits per heavy atom. The number of aryl methyl sites for hydroxylation is 1. The van der Waals surface area contributed by atoms with Gasteiger partial charge < -0.3 is 5.73 Å². The van der Waals surface area contributed by atoms with Gasteiger partial charge in [-0.15, -0.1) is 0 Å². The fourth-order valence-electron chi connectivity index (χ4n) is 2.36. The van der Waals surface area contributed by atoms with Crippen LogP contribution in [-0.2, 0) is 12.8 Å². The van der Waals surface area contributed by atoms with Gasteiger partial charge in [0.1, 0.15) is 11.5 Å². The quantitative estimate of drug-likeness (QED) is 0.887. The topological polar surface area (TPSA) is 43.8 Å². The van der Waals surface area contributed by atoms with Crippen LogP contribution in [0.1, 0.15) is 38.1 Å². The van der Waals surface area contributed by atoms with Gasteiger partial charge >= 0.3 is 0 Å². The molecule has 0 bridgehead atoms. The molecule has 3 nitrogen and oxygen atoms in total. The van der Waals surface area contributed by atoms with Crippen molar-refractivity contribution in [2.75, 3.05) is 0 Å². The summed E-state index contributed by atoms with van der Waals surface area (Å²) in [7, 11) is 0. The highest BCUT2D eigenvalue weighted by Crippen LogP contribution is 2.22. The van der Waals surface area contributed by atoms with Crippen LogP contribution in [0.5, 0.6) is 0 Å². The standard InChI is InChI=1S/C16H21F2N3/c1-3-5-15-20-6-7-21(15)16-13(17)9-11(10-14(16)18)8-12(19)4-2/h6-7,9-10,12H,3-5,8,19H2,1-2H3. The van der Waals surface area contributed by atoms with E-state index in [2.05, 4.69) is 4.98 Å². The molecule has 114 valence electrons. The van der Waals surface area contributed by atoms with Gasteiger partial charge in [0.25, 0.3) is 0 Å². The summed E-state index contributed by atoms with van der Waals surface area (Å²) < 4.78 is 30.1. The Bertz CT molecular complexity index is 584. The predicted octanol–water partition coefficient (Wildman–Crippen LogP) is 3.38. The second kappa shape index (κ2) is 6.80. The smallest absolute Gasteiger partial charge is 0.150 e. The first kappa shape index (κ1) is 15.6. The van der Waals surface area contributed by atoms with Gasteiger partial charge in [0.15, 0.2) is 11.6 Å². The van der Waals surface area contributed by atoms with Crippen LogP contribution >= 0.6 is 0 Å². The SMILES string of the molecule is CCCc1nccn1-c1c(F)cc(CC(N)CC)cc1F. The Morgan fingerprint density at radius 3 is 2.48 bits per heavy atom. The average molecular weight is 293 g/mol. The third-order valence-electron chi connectivity index (χ3n) is 3.53. The van der Waals surface area contributed by atoms with Gasteiger partial charge in [-0.3, -0.25) is 4.57 Å². The fraction of sp³-hybridized carbons (Fsp3) is 0.438. The van der Waals surface area contributed by atoms with Crippen LogP contribution in [0.25, 0.3) is 5.69 Å². The summed E-state index contributed by atoms with van der Waals surface area (Å²) in [5.74, 6) is -0.499. The normalized spacial score (nSPS) is 12.6. The lowest BCUT2D eigenvalue weighted by Gasteiger charge is -2.13. The largest absolute Gasteiger partial charge is 0.327 e. The Labute approximate surface area is 123 Å². The summed E-state index contributed by atoms with van der Waals surface area (Å²) in [5, 5.41) is 0. The number of hydrogen-bond donors (Lipinski definition) is 1. The molecule has 1 atom stereocenters. The van der Waals surface area contributed by atoms with Crippen molar-refractivity contribution in [3.63, 3.8) is 0 Å². The van der Waals surface area contributed by atoms with Gasteiger partial charge in [-0.2, -0.15) is 0 Å². The molecule has 0 aliphatic rings. The third-order valence-corrected chi connectivity index (χ3v) is 3.53. The number of nitrogens with two attached hydrogens (primary N) is 1. The van der Waals surface area contributed by atoms with E-state index in [1.54, 1.807) is 12.4 Å². The zero-order chi connectivity index (χ0) is 15.4. The van der Waals surface area contributed by atoms with Gasteiger partial charge in [-0.25, -0.2) is 13.8 Å². The van der Waals surface area contributed by atoms with Crippen LogP contribution in [0.3, 0.4) is 0 Å². The minimum absolute atomic E-state index is 0.0650. The van der Waals surface area contributed by atoms with Crippen LogP contribution in [0.15, 0.2) is 24.5 Å². The molecular weight excluding hydrogens is 272 g/mol. The second-order valence-electron chi connectivity index (χ2n) is 5.24. The zero-order valence-electron chi connectivity index (χ0n) is 12.4. The van der Waals surface area contributed by atoms with Crippen LogP contribution in [0, 0.1) is 11.6 Å². The molecule has 0 radical (unpaired) electrons. The maximum atomic E-state index is 14.3. The van der Waals surface area contributed by atoms with Gasteiger partial charge in [-0.05, 0) is 37.0 Å². The summed E-state index contributed by atoms with van der Waals surface area (Å²) >= 11 is 0. The molecule has 0 amide bonds. The molecule has 21 heavy (non-hydrogen) atoms. The van der Waals surface area contributed by atoms with Crippen molar-refractivity contribution >= 4 is 0 Å². The van der Waals surface area contributed by atoms with E-state index < -0.39 is 11.6 Å². The molecule has 1 aromatic carbocycles. The monoisotopic (exact) mass is 293 g/mol. The average Bonchev–Trinajstić information content (AvgIpc) is 2.86. The highest BCUT2D eigenvalue weighted by molar-refractivity contribution is 5.39. The molecule has 0 aliphatic heterocycles. The first-order valence-electron chi connectivity index (χ1n) is 7.32. The summed E-state index contributed by atoms with van der Waals surface area (Å²) in [6, 6.07) is 2.64. The van der Waals surface area contributed by atoms with Gasteiger partial charge in [-0.1, -0.05) is 13.8 Å². The number of nitrogens with zero attached hydrogens (tertiary/aromatic N) is 2. The molecule has 1 aromatic heterocycles. The van der Waals surface area contributed by atoms with Crippen LogP contribution < -0.4 is 5.73 Å². The zero-order valence-corrected chi connectivity index (χ0v) is 12.4. The van der Waals surface area contributed by atoms with E-state index >= 15 is 0 Å². The van der Waals surface area contributed by atoms with E-state index in [4.69, 9.17) is 5.73 Å². The minimum Gasteiger partial charge on any atom is -0.327 e. The van der Waals surface area contributed by atoms with Crippen molar-refractivity contribution in [3.05, 3.63) is 47.5 Å². The molecular formula is C16H21F2N3. The number of hydrogen-bond acceptors (Lipinski definition) is 2. The van der Waals surface area contributed by atoms with Crippen molar-refractivity contribution in [1.29, 1.82) is 0 Å². The number of rotatable bonds is 6. The predicted molar refractivity (Wildman–Crippen MR) is 79.4 cm³/mol. The van der Waals surface area contributed by atoms with E-state index in [1.165, 1.54) is 16.7 Å². The molecule has 2 aromatic rings. The van der Waals surface area contributed by atoms with Gasteiger partial charge in [0.05, 0.1) is 0 Å². The maximum Gasteiger partial charge on any atom is 0.150 e. The molecule has 0 saturated carbocycles. The van der Waals surface area contributed by atoms with E-state index in [-0.39, 0.29) is 11.7 Å². The molecule has 1 unspecified atom stereocenters. The molecule has 0 fully saturated rings. The number of benzene rings is 1. The summed E-state index contributed by atoms with van der Waals surface area (Å²) in [5.41, 5.74) is 6.36. The van der Waals surface area contributed by atoms with E-state index in [9.17, 15) is 8.78 Å². The van der Waals surface area contributed by atoms with Crippen molar-refractivity contribution < 1.29 is 8.78 Å². The Kier molecular flexibility index (Phi) is 5.07. The van der Waals surface area contributed by atoms with Gasteiger partial charge in [0.2, 0.25) is 0 Å². The first-order chi connectivity index (χ1) is 10.1. The van der Waals surface area contributed by atoms with E-state index in [0.717, 1.165) is 12.8 Å². The third kappa shape index (κ3) is 3.47. The molecule has 5 heteroatoms. The van der Waals surface area contributed by atoms with Crippen molar-refractivity contribution in [2.24, 2.45) is 5.73 Å². The van der Waals surface area contributed by atoms with E-state index in [0.29, 0.717) is 24.2 Å². The lowest BCUT2D eigenvalue weighted by Crippen LogP contribution is -2.21. The lowest BCUT2D eigenvalue weighted by molar-refractivity contribution is 0.556. The highest BCUT2D eigenvalue weighted by Gasteiger charge is 2.16. The van der Waals surface area contributed by atoms with Crippen molar-refractivity contribution in [2.45, 2.75) is 45.6 Å². The lowest BCUT2D eigenvalue weighted by atomic mass is 10.0. The Hall–Kier alpha value is -1.75. The molecule has 2 rings (SSSR count). The molecule has 0 saturated heterocycles. The summed E-state index contributed by atoms with van der Waals surface area (Å²) in [6.45, 7) is 3.95. The van der Waals surface area contributed by atoms with Crippen LogP contribution in [0.4, 0.5) is 8.78 Å². The van der Waals surface area contributed by atoms with Crippen LogP contribution in [0.2, 0.25) is 0 Å². The minimum atomic E-state index is -0.580. The Balaban J connectivity index is 2.39.